The molecule has 3 unspecified atom stereocenters. The Morgan fingerprint density at radius 3 is 2.95 bits per heavy atom. The van der Waals surface area contributed by atoms with Crippen LogP contribution in [-0.4, -0.2) is 49.4 Å². The Kier molecular flexibility index (Phi) is 6.83. The summed E-state index contributed by atoms with van der Waals surface area (Å²) in [7, 11) is 1.50. The van der Waals surface area contributed by atoms with E-state index in [1.165, 1.54) is 20.0 Å². The van der Waals surface area contributed by atoms with Gasteiger partial charge in [0.2, 0.25) is 0 Å². The lowest BCUT2D eigenvalue weighted by Gasteiger charge is -2.33. The van der Waals surface area contributed by atoms with Crippen LogP contribution in [0.2, 0.25) is 0 Å². The molecule has 2 aliphatic rings. The minimum atomic E-state index is -0.437. The van der Waals surface area contributed by atoms with Crippen LogP contribution in [0.25, 0.3) is 0 Å². The summed E-state index contributed by atoms with van der Waals surface area (Å²) in [5.41, 5.74) is -0.437. The van der Waals surface area contributed by atoms with E-state index < -0.39 is 5.54 Å². The first kappa shape index (κ1) is 17.1. The zero-order valence-corrected chi connectivity index (χ0v) is 14.2. The maximum absolute atomic E-state index is 12.3. The van der Waals surface area contributed by atoms with Crippen LogP contribution in [0, 0.1) is 5.92 Å². The summed E-state index contributed by atoms with van der Waals surface area (Å²) in [6.07, 6.45) is 7.11. The van der Waals surface area contributed by atoms with Gasteiger partial charge < -0.3 is 14.8 Å². The van der Waals surface area contributed by atoms with Gasteiger partial charge in [-0.3, -0.25) is 4.79 Å². The van der Waals surface area contributed by atoms with Gasteiger partial charge in [0.05, 0.1) is 13.2 Å². The van der Waals surface area contributed by atoms with Gasteiger partial charge in [-0.25, -0.2) is 0 Å². The molecule has 0 amide bonds. The molecule has 1 heterocycles. The summed E-state index contributed by atoms with van der Waals surface area (Å²) in [6.45, 7) is 3.81. The van der Waals surface area contributed by atoms with Gasteiger partial charge in [0.25, 0.3) is 0 Å². The highest BCUT2D eigenvalue weighted by Gasteiger charge is 2.48. The Morgan fingerprint density at radius 2 is 2.29 bits per heavy atom. The topological polar surface area (TPSA) is 47.6 Å². The van der Waals surface area contributed by atoms with Crippen LogP contribution in [-0.2, 0) is 14.3 Å². The van der Waals surface area contributed by atoms with E-state index in [0.29, 0.717) is 12.0 Å². The molecule has 0 aromatic heterocycles. The smallest absolute Gasteiger partial charge is 0.326 e. The van der Waals surface area contributed by atoms with Crippen LogP contribution in [0.1, 0.15) is 45.4 Å². The summed E-state index contributed by atoms with van der Waals surface area (Å²) >= 11 is 1.97. The molecule has 5 heteroatoms. The van der Waals surface area contributed by atoms with E-state index in [1.54, 1.807) is 0 Å². The minimum absolute atomic E-state index is 0.0732. The summed E-state index contributed by atoms with van der Waals surface area (Å²) in [5, 5.41) is 3.43. The van der Waals surface area contributed by atoms with Gasteiger partial charge in [0, 0.05) is 12.4 Å². The Bertz CT molecular complexity index is 333. The number of carbonyl (C=O) groups is 1. The van der Waals surface area contributed by atoms with Gasteiger partial charge in [-0.2, -0.15) is 11.8 Å². The lowest BCUT2D eigenvalue weighted by Crippen LogP contribution is -2.55. The molecule has 122 valence electrons. The van der Waals surface area contributed by atoms with Crippen molar-refractivity contribution in [2.45, 2.75) is 57.1 Å². The van der Waals surface area contributed by atoms with Crippen LogP contribution in [0.5, 0.6) is 0 Å². The monoisotopic (exact) mass is 315 g/mol. The number of thioether (sulfide) groups is 1. The number of hydrogen-bond donors (Lipinski definition) is 1. The van der Waals surface area contributed by atoms with Crippen molar-refractivity contribution in [1.82, 2.24) is 5.32 Å². The molecule has 2 rings (SSSR count). The summed E-state index contributed by atoms with van der Waals surface area (Å²) in [5.74, 6) is 2.53. The van der Waals surface area contributed by atoms with Crippen LogP contribution in [0.3, 0.4) is 0 Å². The lowest BCUT2D eigenvalue weighted by molar-refractivity contribution is -0.150. The first-order valence-corrected chi connectivity index (χ1v) is 9.41. The third-order valence-corrected chi connectivity index (χ3v) is 5.93. The molecule has 1 saturated carbocycles. The summed E-state index contributed by atoms with van der Waals surface area (Å²) < 4.78 is 10.7. The van der Waals surface area contributed by atoms with Gasteiger partial charge in [0.1, 0.15) is 5.54 Å². The molecule has 0 bridgehead atoms. The van der Waals surface area contributed by atoms with Gasteiger partial charge in [-0.1, -0.05) is 13.3 Å². The maximum atomic E-state index is 12.3. The summed E-state index contributed by atoms with van der Waals surface area (Å²) in [6, 6.07) is 0. The second-order valence-electron chi connectivity index (χ2n) is 6.08. The second kappa shape index (κ2) is 8.39. The van der Waals surface area contributed by atoms with Crippen LogP contribution in [0.15, 0.2) is 0 Å². The molecule has 1 aliphatic carbocycles. The zero-order chi connectivity index (χ0) is 15.1. The Morgan fingerprint density at radius 1 is 1.43 bits per heavy atom. The van der Waals surface area contributed by atoms with E-state index in [2.05, 4.69) is 12.2 Å². The molecule has 1 saturated heterocycles. The predicted octanol–water partition coefficient (Wildman–Crippen LogP) is 2.61. The minimum Gasteiger partial charge on any atom is -0.468 e. The molecule has 0 radical (unpaired) electrons. The third-order valence-electron chi connectivity index (χ3n) is 4.80. The molecule has 0 spiro atoms. The average molecular weight is 315 g/mol. The van der Waals surface area contributed by atoms with Gasteiger partial charge in [0.15, 0.2) is 0 Å². The Hall–Kier alpha value is -0.260. The van der Waals surface area contributed by atoms with E-state index in [9.17, 15) is 4.79 Å². The van der Waals surface area contributed by atoms with Crippen LogP contribution >= 0.6 is 11.8 Å². The average Bonchev–Trinajstić information content (AvgIpc) is 3.13. The number of esters is 1. The van der Waals surface area contributed by atoms with Crippen molar-refractivity contribution in [1.29, 1.82) is 0 Å². The fourth-order valence-corrected chi connectivity index (χ4v) is 4.90. The lowest BCUT2D eigenvalue weighted by atomic mass is 9.85. The van der Waals surface area contributed by atoms with E-state index in [0.717, 1.165) is 50.3 Å². The standard InChI is InChI=1S/C16H29NO3S/c1-3-17-16(15(18)19-2)9-4-6-13(16)8-11-21-12-14-7-5-10-20-14/h13-14,17H,3-12H2,1-2H3. The maximum Gasteiger partial charge on any atom is 0.326 e. The number of methoxy groups -OCH3 is 1. The molecule has 2 fully saturated rings. The molecular formula is C16H29NO3S. The highest BCUT2D eigenvalue weighted by Crippen LogP contribution is 2.39. The number of rotatable bonds is 8. The molecule has 1 N–H and O–H groups in total. The van der Waals surface area contributed by atoms with Crippen LogP contribution < -0.4 is 5.32 Å². The molecule has 21 heavy (non-hydrogen) atoms. The van der Waals surface area contributed by atoms with Crippen molar-refractivity contribution >= 4 is 17.7 Å². The van der Waals surface area contributed by atoms with Crippen molar-refractivity contribution in [2.75, 3.05) is 31.8 Å². The van der Waals surface area contributed by atoms with E-state index >= 15 is 0 Å². The van der Waals surface area contributed by atoms with Crippen molar-refractivity contribution in [3.63, 3.8) is 0 Å². The second-order valence-corrected chi connectivity index (χ2v) is 7.23. The third kappa shape index (κ3) is 4.14. The van der Waals surface area contributed by atoms with Crippen molar-refractivity contribution in [3.05, 3.63) is 0 Å². The number of nitrogens with one attached hydrogen (secondary N) is 1. The Labute approximate surface area is 132 Å². The number of hydrogen-bond acceptors (Lipinski definition) is 5. The fraction of sp³-hybridized carbons (Fsp3) is 0.938. The quantitative estimate of drug-likeness (QED) is 0.551. The predicted molar refractivity (Wildman–Crippen MR) is 86.7 cm³/mol. The zero-order valence-electron chi connectivity index (χ0n) is 13.4. The van der Waals surface area contributed by atoms with Gasteiger partial charge in [-0.05, 0) is 50.3 Å². The van der Waals surface area contributed by atoms with Crippen molar-refractivity contribution < 1.29 is 14.3 Å². The Balaban J connectivity index is 1.80. The van der Waals surface area contributed by atoms with Crippen LogP contribution in [0.4, 0.5) is 0 Å². The van der Waals surface area contributed by atoms with Crippen molar-refractivity contribution in [3.8, 4) is 0 Å². The SMILES string of the molecule is CCNC1(C(=O)OC)CCCC1CCSCC1CCCO1. The van der Waals surface area contributed by atoms with E-state index in [4.69, 9.17) is 9.47 Å². The fourth-order valence-electron chi connectivity index (χ4n) is 3.76. The molecule has 3 atom stereocenters. The first-order chi connectivity index (χ1) is 10.2. The molecule has 0 aromatic rings. The molecule has 0 aromatic carbocycles. The molecule has 4 nitrogen and oxygen atoms in total. The van der Waals surface area contributed by atoms with Gasteiger partial charge in [-0.15, -0.1) is 0 Å². The number of carbonyl (C=O) groups excluding carboxylic acids is 1. The van der Waals surface area contributed by atoms with Gasteiger partial charge >= 0.3 is 5.97 Å². The molecule has 1 aliphatic heterocycles. The van der Waals surface area contributed by atoms with E-state index in [1.807, 2.05) is 11.8 Å². The highest BCUT2D eigenvalue weighted by molar-refractivity contribution is 7.99. The number of ether oxygens (including phenoxy) is 2. The molecular weight excluding hydrogens is 286 g/mol. The van der Waals surface area contributed by atoms with E-state index in [-0.39, 0.29) is 5.97 Å². The summed E-state index contributed by atoms with van der Waals surface area (Å²) in [4.78, 5) is 12.3. The van der Waals surface area contributed by atoms with Crippen molar-refractivity contribution in [2.24, 2.45) is 5.92 Å². The largest absolute Gasteiger partial charge is 0.468 e. The highest BCUT2D eigenvalue weighted by atomic mass is 32.2. The number of likely N-dealkylation sites (N-methyl/N-ethyl adjacent to an activating group) is 1. The first-order valence-electron chi connectivity index (χ1n) is 8.25. The normalized spacial score (nSPS) is 32.5.